The molecule has 2 aromatic heterocycles. The molecule has 0 aliphatic heterocycles. The molecule has 3 aromatic rings. The van der Waals surface area contributed by atoms with Crippen LogP contribution in [0.5, 0.6) is 5.88 Å². The molecule has 182 valence electrons. The van der Waals surface area contributed by atoms with Crippen molar-refractivity contribution in [1.29, 1.82) is 0 Å². The summed E-state index contributed by atoms with van der Waals surface area (Å²) >= 11 is 6.51. The van der Waals surface area contributed by atoms with Crippen molar-refractivity contribution in [2.45, 2.75) is 59.1 Å². The van der Waals surface area contributed by atoms with Gasteiger partial charge in [0.2, 0.25) is 5.88 Å². The van der Waals surface area contributed by atoms with Crippen molar-refractivity contribution in [3.05, 3.63) is 53.6 Å². The molecule has 1 N–H and O–H groups in total. The van der Waals surface area contributed by atoms with Gasteiger partial charge in [-0.05, 0) is 69.9 Å². The van der Waals surface area contributed by atoms with Crippen LogP contribution in [0.25, 0.3) is 22.0 Å². The second kappa shape index (κ2) is 10.1. The van der Waals surface area contributed by atoms with Crippen molar-refractivity contribution in [3.63, 3.8) is 0 Å². The summed E-state index contributed by atoms with van der Waals surface area (Å²) in [6, 6.07) is 8.05. The number of carbonyl (C=O) groups is 1. The summed E-state index contributed by atoms with van der Waals surface area (Å²) in [5, 5.41) is 4.06. The number of nitrogens with zero attached hydrogens (tertiary/aromatic N) is 2. The third-order valence-electron chi connectivity index (χ3n) is 5.01. The number of nitrogens with one attached hydrogen (secondary N) is 1. The van der Waals surface area contributed by atoms with E-state index in [2.05, 4.69) is 29.1 Å². The van der Waals surface area contributed by atoms with Gasteiger partial charge in [-0.25, -0.2) is 14.2 Å². The van der Waals surface area contributed by atoms with Crippen LogP contribution in [0.3, 0.4) is 0 Å². The first-order valence-corrected chi connectivity index (χ1v) is 11.6. The van der Waals surface area contributed by atoms with Gasteiger partial charge in [-0.15, -0.1) is 0 Å². The quantitative estimate of drug-likeness (QED) is 0.396. The number of halogens is 2. The maximum Gasteiger partial charge on any atom is 0.408 e. The van der Waals surface area contributed by atoms with Gasteiger partial charge in [-0.1, -0.05) is 25.4 Å². The molecule has 1 aromatic carbocycles. The first-order chi connectivity index (χ1) is 15.8. The topological polar surface area (TPSA) is 73.3 Å². The number of ether oxygens (including phenoxy) is 2. The fourth-order valence-corrected chi connectivity index (χ4v) is 4.10. The van der Waals surface area contributed by atoms with E-state index in [1.165, 1.54) is 12.1 Å². The lowest BCUT2D eigenvalue weighted by atomic mass is 9.91. The Morgan fingerprint density at radius 3 is 2.53 bits per heavy atom. The van der Waals surface area contributed by atoms with Crippen molar-refractivity contribution >= 4 is 28.6 Å². The van der Waals surface area contributed by atoms with Gasteiger partial charge in [-0.2, -0.15) is 0 Å². The lowest BCUT2D eigenvalue weighted by Gasteiger charge is -2.33. The van der Waals surface area contributed by atoms with E-state index in [1.807, 2.05) is 33.8 Å². The average molecular weight is 488 g/mol. The molecule has 34 heavy (non-hydrogen) atoms. The second-order valence-corrected chi connectivity index (χ2v) is 10.5. The summed E-state index contributed by atoms with van der Waals surface area (Å²) in [5.41, 5.74) is 0.848. The van der Waals surface area contributed by atoms with Crippen molar-refractivity contribution in [2.75, 3.05) is 6.61 Å². The van der Waals surface area contributed by atoms with E-state index in [1.54, 1.807) is 24.5 Å². The van der Waals surface area contributed by atoms with Crippen molar-refractivity contribution in [1.82, 2.24) is 15.3 Å². The molecule has 0 bridgehead atoms. The van der Waals surface area contributed by atoms with E-state index < -0.39 is 17.2 Å². The Labute approximate surface area is 204 Å². The summed E-state index contributed by atoms with van der Waals surface area (Å²) in [5.74, 6) is 0.219. The maximum atomic E-state index is 13.6. The standard InChI is InChI=1S/C26H31ClFN3O3/c1-16(2)13-26(6,31-24(32)34-25(3,4)5)15-33-23-21(27)11-17(14-30-23)19-9-10-29-22-12-18(28)7-8-20(19)22/h7-12,14,16H,13,15H2,1-6H3,(H,31,32). The summed E-state index contributed by atoms with van der Waals surface area (Å²) in [6.45, 7) is 11.7. The van der Waals surface area contributed by atoms with Crippen molar-refractivity contribution in [3.8, 4) is 17.0 Å². The van der Waals surface area contributed by atoms with Gasteiger partial charge in [0.15, 0.2) is 0 Å². The SMILES string of the molecule is CC(C)CC(C)(COc1ncc(-c2ccnc3cc(F)ccc23)cc1Cl)NC(=O)OC(C)(C)C. The largest absolute Gasteiger partial charge is 0.474 e. The number of pyridine rings is 2. The summed E-state index contributed by atoms with van der Waals surface area (Å²) in [7, 11) is 0. The zero-order chi connectivity index (χ0) is 25.1. The minimum absolute atomic E-state index is 0.161. The van der Waals surface area contributed by atoms with Crippen LogP contribution in [0.1, 0.15) is 48.0 Å². The van der Waals surface area contributed by atoms with Crippen molar-refractivity contribution < 1.29 is 18.7 Å². The molecule has 1 unspecified atom stereocenters. The van der Waals surface area contributed by atoms with E-state index in [0.29, 0.717) is 22.9 Å². The molecule has 0 aliphatic rings. The molecule has 1 atom stereocenters. The predicted molar refractivity (Wildman–Crippen MR) is 133 cm³/mol. The zero-order valence-corrected chi connectivity index (χ0v) is 21.2. The van der Waals surface area contributed by atoms with Crippen LogP contribution in [0.2, 0.25) is 5.02 Å². The predicted octanol–water partition coefficient (Wildman–Crippen LogP) is 6.80. The Balaban J connectivity index is 1.80. The third-order valence-corrected chi connectivity index (χ3v) is 5.28. The zero-order valence-electron chi connectivity index (χ0n) is 20.4. The Bertz CT molecular complexity index is 1180. The smallest absolute Gasteiger partial charge is 0.408 e. The highest BCUT2D eigenvalue weighted by Crippen LogP contribution is 2.32. The maximum absolute atomic E-state index is 13.6. The summed E-state index contributed by atoms with van der Waals surface area (Å²) in [4.78, 5) is 21.0. The molecule has 8 heteroatoms. The number of aromatic nitrogens is 2. The van der Waals surface area contributed by atoms with Crippen LogP contribution in [-0.2, 0) is 4.74 Å². The molecular weight excluding hydrogens is 457 g/mol. The molecule has 0 fully saturated rings. The molecule has 2 heterocycles. The number of hydrogen-bond acceptors (Lipinski definition) is 5. The molecule has 0 aliphatic carbocycles. The number of amides is 1. The molecule has 6 nitrogen and oxygen atoms in total. The van der Waals surface area contributed by atoms with Gasteiger partial charge in [0.05, 0.1) is 11.1 Å². The molecule has 0 saturated heterocycles. The summed E-state index contributed by atoms with van der Waals surface area (Å²) < 4.78 is 25.0. The second-order valence-electron chi connectivity index (χ2n) is 10.1. The average Bonchev–Trinajstić information content (AvgIpc) is 2.70. The van der Waals surface area contributed by atoms with E-state index in [0.717, 1.165) is 16.5 Å². The normalized spacial score (nSPS) is 13.6. The first-order valence-electron chi connectivity index (χ1n) is 11.2. The van der Waals surface area contributed by atoms with E-state index in [4.69, 9.17) is 21.1 Å². The van der Waals surface area contributed by atoms with Gasteiger partial charge in [0.1, 0.15) is 23.0 Å². The van der Waals surface area contributed by atoms with Crippen LogP contribution in [0.15, 0.2) is 42.7 Å². The van der Waals surface area contributed by atoms with E-state index in [9.17, 15) is 9.18 Å². The lowest BCUT2D eigenvalue weighted by Crippen LogP contribution is -2.52. The minimum atomic E-state index is -0.689. The van der Waals surface area contributed by atoms with Gasteiger partial charge in [-0.3, -0.25) is 4.98 Å². The van der Waals surface area contributed by atoms with Crippen LogP contribution in [-0.4, -0.2) is 33.8 Å². The minimum Gasteiger partial charge on any atom is -0.474 e. The van der Waals surface area contributed by atoms with Gasteiger partial charge < -0.3 is 14.8 Å². The van der Waals surface area contributed by atoms with Gasteiger partial charge in [0, 0.05) is 29.4 Å². The molecular formula is C26H31ClFN3O3. The lowest BCUT2D eigenvalue weighted by molar-refractivity contribution is 0.0406. The summed E-state index contributed by atoms with van der Waals surface area (Å²) in [6.07, 6.45) is 3.44. The van der Waals surface area contributed by atoms with Crippen LogP contribution in [0.4, 0.5) is 9.18 Å². The highest BCUT2D eigenvalue weighted by Gasteiger charge is 2.31. The van der Waals surface area contributed by atoms with E-state index >= 15 is 0 Å². The first kappa shape index (κ1) is 25.7. The number of carbonyl (C=O) groups excluding carboxylic acids is 1. The third kappa shape index (κ3) is 6.79. The Morgan fingerprint density at radius 2 is 1.88 bits per heavy atom. The van der Waals surface area contributed by atoms with Crippen molar-refractivity contribution in [2.24, 2.45) is 5.92 Å². The molecule has 3 rings (SSSR count). The molecule has 0 radical (unpaired) electrons. The molecule has 0 spiro atoms. The van der Waals surface area contributed by atoms with Crippen LogP contribution >= 0.6 is 11.6 Å². The van der Waals surface area contributed by atoms with Gasteiger partial charge >= 0.3 is 6.09 Å². The molecule has 1 amide bonds. The highest BCUT2D eigenvalue weighted by molar-refractivity contribution is 6.32. The monoisotopic (exact) mass is 487 g/mol. The Morgan fingerprint density at radius 1 is 1.15 bits per heavy atom. The number of benzene rings is 1. The number of rotatable bonds is 7. The number of hydrogen-bond donors (Lipinski definition) is 1. The fourth-order valence-electron chi connectivity index (χ4n) is 3.88. The van der Waals surface area contributed by atoms with Gasteiger partial charge in [0.25, 0.3) is 0 Å². The van der Waals surface area contributed by atoms with E-state index in [-0.39, 0.29) is 18.3 Å². The van der Waals surface area contributed by atoms with Crippen LogP contribution in [0, 0.1) is 11.7 Å². The molecule has 0 saturated carbocycles. The van der Waals surface area contributed by atoms with Crippen LogP contribution < -0.4 is 10.1 Å². The number of fused-ring (bicyclic) bond motifs is 1. The fraction of sp³-hybridized carbons (Fsp3) is 0.423. The Kier molecular flexibility index (Phi) is 7.66. The number of alkyl carbamates (subject to hydrolysis) is 1. The Hall–Kier alpha value is -2.93. The highest BCUT2D eigenvalue weighted by atomic mass is 35.5.